The lowest BCUT2D eigenvalue weighted by Crippen LogP contribution is -2.30. The van der Waals surface area contributed by atoms with Crippen LogP contribution in [0.25, 0.3) is 0 Å². The highest BCUT2D eigenvalue weighted by molar-refractivity contribution is 6.10. The molecule has 7 heteroatoms. The van der Waals surface area contributed by atoms with Gasteiger partial charge in [-0.25, -0.2) is 0 Å². The van der Waals surface area contributed by atoms with Gasteiger partial charge in [-0.05, 0) is 37.8 Å². The summed E-state index contributed by atoms with van der Waals surface area (Å²) in [6, 6.07) is 7.16. The van der Waals surface area contributed by atoms with Gasteiger partial charge in [0.25, 0.3) is 5.91 Å². The highest BCUT2D eigenvalue weighted by Crippen LogP contribution is 2.33. The molecule has 2 amide bonds. The minimum absolute atomic E-state index is 0.0695. The fourth-order valence-electron chi connectivity index (χ4n) is 3.25. The minimum atomic E-state index is -0.271. The number of nitrogens with zero attached hydrogens (tertiary/aromatic N) is 4. The summed E-state index contributed by atoms with van der Waals surface area (Å²) >= 11 is 0. The molecule has 130 valence electrons. The first kappa shape index (κ1) is 15.8. The summed E-state index contributed by atoms with van der Waals surface area (Å²) in [6.07, 6.45) is 4.91. The Morgan fingerprint density at radius 1 is 1.20 bits per heavy atom. The summed E-state index contributed by atoms with van der Waals surface area (Å²) in [7, 11) is 1.73. The van der Waals surface area contributed by atoms with Gasteiger partial charge in [-0.3, -0.25) is 19.5 Å². The first-order valence-electron chi connectivity index (χ1n) is 8.75. The lowest BCUT2D eigenvalue weighted by atomic mass is 10.1. The van der Waals surface area contributed by atoms with Crippen LogP contribution in [-0.2, 0) is 17.8 Å². The Balaban J connectivity index is 1.58. The normalized spacial score (nSPS) is 16.2. The molecule has 0 bridgehead atoms. The van der Waals surface area contributed by atoms with Gasteiger partial charge in [-0.1, -0.05) is 12.1 Å². The van der Waals surface area contributed by atoms with E-state index in [9.17, 15) is 9.59 Å². The van der Waals surface area contributed by atoms with Gasteiger partial charge in [0.2, 0.25) is 11.9 Å². The standard InChI is InChI=1S/C18H21N5O2/c1-22(17(25)12-9-10-12)14-7-3-2-6-13(14)16(24)19-18-21-20-15-8-4-5-11-23(15)18/h2-3,6-7,12H,4-5,8-11H2,1H3,(H,19,21,24). The molecule has 1 saturated carbocycles. The van der Waals surface area contributed by atoms with E-state index in [0.29, 0.717) is 17.2 Å². The van der Waals surface area contributed by atoms with Crippen LogP contribution in [0.2, 0.25) is 0 Å². The Bertz CT molecular complexity index is 825. The Morgan fingerprint density at radius 3 is 2.80 bits per heavy atom. The van der Waals surface area contributed by atoms with Gasteiger partial charge in [0.05, 0.1) is 11.3 Å². The third kappa shape index (κ3) is 3.01. The molecule has 2 heterocycles. The van der Waals surface area contributed by atoms with E-state index < -0.39 is 0 Å². The van der Waals surface area contributed by atoms with Gasteiger partial charge >= 0.3 is 0 Å². The van der Waals surface area contributed by atoms with Crippen molar-refractivity contribution in [1.29, 1.82) is 0 Å². The lowest BCUT2D eigenvalue weighted by molar-refractivity contribution is -0.119. The van der Waals surface area contributed by atoms with Crippen molar-refractivity contribution in [2.45, 2.75) is 38.6 Å². The van der Waals surface area contributed by atoms with Crippen molar-refractivity contribution in [3.63, 3.8) is 0 Å². The number of carbonyl (C=O) groups is 2. The molecule has 1 aromatic carbocycles. The van der Waals surface area contributed by atoms with Crippen LogP contribution in [0.5, 0.6) is 0 Å². The molecule has 2 aromatic rings. The van der Waals surface area contributed by atoms with E-state index in [1.54, 1.807) is 30.1 Å². The largest absolute Gasteiger partial charge is 0.314 e. The fraction of sp³-hybridized carbons (Fsp3) is 0.444. The van der Waals surface area contributed by atoms with Crippen molar-refractivity contribution in [2.24, 2.45) is 5.92 Å². The maximum atomic E-state index is 12.8. The maximum absolute atomic E-state index is 12.8. The fourth-order valence-corrected chi connectivity index (χ4v) is 3.25. The van der Waals surface area contributed by atoms with Crippen molar-refractivity contribution in [3.8, 4) is 0 Å². The van der Waals surface area contributed by atoms with Gasteiger partial charge in [0.15, 0.2) is 0 Å². The van der Waals surface area contributed by atoms with E-state index in [1.807, 2.05) is 10.6 Å². The molecule has 0 radical (unpaired) electrons. The van der Waals surface area contributed by atoms with Crippen LogP contribution < -0.4 is 10.2 Å². The third-order valence-electron chi connectivity index (χ3n) is 4.85. The molecule has 0 unspecified atom stereocenters. The molecular weight excluding hydrogens is 318 g/mol. The number of hydrogen-bond acceptors (Lipinski definition) is 4. The summed E-state index contributed by atoms with van der Waals surface area (Å²) < 4.78 is 1.96. The van der Waals surface area contributed by atoms with Crippen molar-refractivity contribution in [1.82, 2.24) is 14.8 Å². The molecule has 1 aromatic heterocycles. The number of aryl methyl sites for hydroxylation is 1. The second-order valence-corrected chi connectivity index (χ2v) is 6.69. The van der Waals surface area contributed by atoms with Crippen LogP contribution in [-0.4, -0.2) is 33.6 Å². The molecule has 1 aliphatic carbocycles. The number of benzene rings is 1. The minimum Gasteiger partial charge on any atom is -0.314 e. The molecule has 1 N–H and O–H groups in total. The van der Waals surface area contributed by atoms with Gasteiger partial charge in [-0.15, -0.1) is 10.2 Å². The van der Waals surface area contributed by atoms with Crippen LogP contribution >= 0.6 is 0 Å². The predicted octanol–water partition coefficient (Wildman–Crippen LogP) is 2.24. The van der Waals surface area contributed by atoms with E-state index >= 15 is 0 Å². The molecule has 1 aliphatic heterocycles. The molecule has 0 atom stereocenters. The Hall–Kier alpha value is -2.70. The first-order valence-corrected chi connectivity index (χ1v) is 8.75. The zero-order valence-corrected chi connectivity index (χ0v) is 14.2. The zero-order valence-electron chi connectivity index (χ0n) is 14.2. The SMILES string of the molecule is CN(C(=O)C1CC1)c1ccccc1C(=O)Nc1nnc2n1CCCC2. The number of amides is 2. The number of fused-ring (bicyclic) bond motifs is 1. The zero-order chi connectivity index (χ0) is 17.4. The van der Waals surface area contributed by atoms with Crippen LogP contribution in [0.1, 0.15) is 41.9 Å². The molecule has 0 spiro atoms. The van der Waals surface area contributed by atoms with Gasteiger partial charge in [-0.2, -0.15) is 0 Å². The average Bonchev–Trinajstić information content (AvgIpc) is 3.43. The smallest absolute Gasteiger partial charge is 0.260 e. The Labute approximate surface area is 146 Å². The number of anilines is 2. The summed E-state index contributed by atoms with van der Waals surface area (Å²) in [4.78, 5) is 26.7. The molecule has 25 heavy (non-hydrogen) atoms. The number of para-hydroxylation sites is 1. The van der Waals surface area contributed by atoms with Gasteiger partial charge < -0.3 is 4.90 Å². The third-order valence-corrected chi connectivity index (χ3v) is 4.85. The topological polar surface area (TPSA) is 80.1 Å². The Morgan fingerprint density at radius 2 is 2.00 bits per heavy atom. The predicted molar refractivity (Wildman–Crippen MR) is 93.5 cm³/mol. The first-order chi connectivity index (χ1) is 12.1. The van der Waals surface area contributed by atoms with Crippen molar-refractivity contribution < 1.29 is 9.59 Å². The second-order valence-electron chi connectivity index (χ2n) is 6.69. The van der Waals surface area contributed by atoms with Crippen LogP contribution in [0.3, 0.4) is 0 Å². The molecule has 2 aliphatic rings. The van der Waals surface area contributed by atoms with Gasteiger partial charge in [0, 0.05) is 25.9 Å². The Kier molecular flexibility index (Phi) is 3.99. The molecular formula is C18H21N5O2. The number of rotatable bonds is 4. The van der Waals surface area contributed by atoms with Crippen molar-refractivity contribution in [2.75, 3.05) is 17.3 Å². The average molecular weight is 339 g/mol. The van der Waals surface area contributed by atoms with E-state index in [1.165, 1.54) is 0 Å². The maximum Gasteiger partial charge on any atom is 0.260 e. The number of nitrogens with one attached hydrogen (secondary N) is 1. The molecule has 0 saturated heterocycles. The second kappa shape index (κ2) is 6.31. The summed E-state index contributed by atoms with van der Waals surface area (Å²) in [6.45, 7) is 0.819. The monoisotopic (exact) mass is 339 g/mol. The number of aromatic nitrogens is 3. The number of carbonyl (C=O) groups excluding carboxylic acids is 2. The molecule has 4 rings (SSSR count). The highest BCUT2D eigenvalue weighted by atomic mass is 16.2. The highest BCUT2D eigenvalue weighted by Gasteiger charge is 2.33. The van der Waals surface area contributed by atoms with E-state index in [-0.39, 0.29) is 17.7 Å². The lowest BCUT2D eigenvalue weighted by Gasteiger charge is -2.20. The number of hydrogen-bond donors (Lipinski definition) is 1. The van der Waals surface area contributed by atoms with E-state index in [2.05, 4.69) is 15.5 Å². The van der Waals surface area contributed by atoms with Crippen LogP contribution in [0, 0.1) is 5.92 Å². The molecule has 1 fully saturated rings. The molecule has 7 nitrogen and oxygen atoms in total. The summed E-state index contributed by atoms with van der Waals surface area (Å²) in [5.41, 5.74) is 1.09. The van der Waals surface area contributed by atoms with E-state index in [4.69, 9.17) is 0 Å². The van der Waals surface area contributed by atoms with Crippen molar-refractivity contribution in [3.05, 3.63) is 35.7 Å². The van der Waals surface area contributed by atoms with Gasteiger partial charge in [0.1, 0.15) is 5.82 Å². The van der Waals surface area contributed by atoms with Crippen LogP contribution in [0.15, 0.2) is 24.3 Å². The quantitative estimate of drug-likeness (QED) is 0.926. The summed E-state index contributed by atoms with van der Waals surface area (Å²) in [5.74, 6) is 1.29. The van der Waals surface area contributed by atoms with Crippen LogP contribution in [0.4, 0.5) is 11.6 Å². The van der Waals surface area contributed by atoms with E-state index in [0.717, 1.165) is 44.5 Å². The van der Waals surface area contributed by atoms with Crippen molar-refractivity contribution >= 4 is 23.5 Å². The summed E-state index contributed by atoms with van der Waals surface area (Å²) in [5, 5.41) is 11.1.